The molecule has 7 heteroatoms. The number of primary amides is 1. The van der Waals surface area contributed by atoms with Gasteiger partial charge >= 0.3 is 0 Å². The standard InChI is InChI=1S/C17H16N4O2S/c1-11(21-9-5-8-19-21)16(23)20-17-13(15(18)22)10-14(24-17)12-6-3-2-4-7-12/h2-11H,1H3,(H2,18,22)(H,20,23). The first-order chi connectivity index (χ1) is 11.6. The number of thiophene rings is 1. The first-order valence-electron chi connectivity index (χ1n) is 7.35. The fourth-order valence-electron chi connectivity index (χ4n) is 2.26. The second kappa shape index (κ2) is 6.67. The number of nitrogens with two attached hydrogens (primary N) is 1. The van der Waals surface area contributed by atoms with Gasteiger partial charge < -0.3 is 11.1 Å². The fraction of sp³-hybridized carbons (Fsp3) is 0.118. The summed E-state index contributed by atoms with van der Waals surface area (Å²) in [5, 5.41) is 7.29. The smallest absolute Gasteiger partial charge is 0.251 e. The molecule has 0 saturated carbocycles. The van der Waals surface area contributed by atoms with Gasteiger partial charge in [-0.2, -0.15) is 5.10 Å². The van der Waals surface area contributed by atoms with E-state index in [9.17, 15) is 9.59 Å². The summed E-state index contributed by atoms with van der Waals surface area (Å²) in [6, 6.07) is 12.6. The van der Waals surface area contributed by atoms with Crippen molar-refractivity contribution < 1.29 is 9.59 Å². The van der Waals surface area contributed by atoms with Crippen LogP contribution in [0.2, 0.25) is 0 Å². The third kappa shape index (κ3) is 3.21. The molecule has 3 rings (SSSR count). The molecular weight excluding hydrogens is 324 g/mol. The van der Waals surface area contributed by atoms with Crippen molar-refractivity contribution in [2.24, 2.45) is 5.73 Å². The first kappa shape index (κ1) is 15.9. The lowest BCUT2D eigenvalue weighted by atomic mass is 10.1. The highest BCUT2D eigenvalue weighted by atomic mass is 32.1. The molecule has 0 radical (unpaired) electrons. The number of carbonyl (C=O) groups is 2. The van der Waals surface area contributed by atoms with Crippen molar-refractivity contribution in [2.45, 2.75) is 13.0 Å². The van der Waals surface area contributed by atoms with Crippen molar-refractivity contribution in [2.75, 3.05) is 5.32 Å². The number of hydrogen-bond donors (Lipinski definition) is 2. The topological polar surface area (TPSA) is 90.0 Å². The van der Waals surface area contributed by atoms with Gasteiger partial charge in [0.1, 0.15) is 11.0 Å². The van der Waals surface area contributed by atoms with Crippen molar-refractivity contribution in [1.29, 1.82) is 0 Å². The number of amides is 2. The van der Waals surface area contributed by atoms with Crippen molar-refractivity contribution in [3.05, 3.63) is 60.4 Å². The number of nitrogens with zero attached hydrogens (tertiary/aromatic N) is 2. The molecule has 0 aliphatic carbocycles. The summed E-state index contributed by atoms with van der Waals surface area (Å²) in [7, 11) is 0. The maximum absolute atomic E-state index is 12.4. The molecule has 2 aromatic heterocycles. The average Bonchev–Trinajstić information content (AvgIpc) is 3.24. The predicted molar refractivity (Wildman–Crippen MR) is 93.8 cm³/mol. The van der Waals surface area contributed by atoms with Gasteiger partial charge in [0.25, 0.3) is 5.91 Å². The van der Waals surface area contributed by atoms with E-state index in [1.165, 1.54) is 11.3 Å². The molecule has 0 fully saturated rings. The molecule has 6 nitrogen and oxygen atoms in total. The second-order valence-corrected chi connectivity index (χ2v) is 6.29. The summed E-state index contributed by atoms with van der Waals surface area (Å²) in [6.07, 6.45) is 3.32. The van der Waals surface area contributed by atoms with E-state index in [0.29, 0.717) is 10.6 Å². The molecule has 0 saturated heterocycles. The van der Waals surface area contributed by atoms with Crippen molar-refractivity contribution >= 4 is 28.2 Å². The number of rotatable bonds is 5. The minimum atomic E-state index is -0.574. The Labute approximate surface area is 142 Å². The molecule has 3 aromatic rings. The van der Waals surface area contributed by atoms with E-state index in [2.05, 4.69) is 10.4 Å². The maximum Gasteiger partial charge on any atom is 0.251 e. The van der Waals surface area contributed by atoms with Gasteiger partial charge in [-0.1, -0.05) is 30.3 Å². The van der Waals surface area contributed by atoms with E-state index in [1.54, 1.807) is 36.1 Å². The fourth-order valence-corrected chi connectivity index (χ4v) is 3.33. The second-order valence-electron chi connectivity index (χ2n) is 5.24. The summed E-state index contributed by atoms with van der Waals surface area (Å²) >= 11 is 1.32. The van der Waals surface area contributed by atoms with Gasteiger partial charge in [-0.3, -0.25) is 14.3 Å². The van der Waals surface area contributed by atoms with Crippen LogP contribution in [0.25, 0.3) is 10.4 Å². The zero-order valence-corrected chi connectivity index (χ0v) is 13.8. The Morgan fingerprint density at radius 3 is 2.62 bits per heavy atom. The van der Waals surface area contributed by atoms with E-state index in [0.717, 1.165) is 10.4 Å². The van der Waals surface area contributed by atoms with Crippen molar-refractivity contribution in [3.8, 4) is 10.4 Å². The Balaban J connectivity index is 1.88. The highest BCUT2D eigenvalue weighted by Crippen LogP contribution is 2.35. The molecule has 3 N–H and O–H groups in total. The van der Waals surface area contributed by atoms with Gasteiger partial charge in [0, 0.05) is 17.3 Å². The van der Waals surface area contributed by atoms with Crippen LogP contribution in [0, 0.1) is 0 Å². The van der Waals surface area contributed by atoms with Crippen LogP contribution in [0.15, 0.2) is 54.9 Å². The lowest BCUT2D eigenvalue weighted by molar-refractivity contribution is -0.119. The van der Waals surface area contributed by atoms with Gasteiger partial charge in [-0.05, 0) is 24.6 Å². The SMILES string of the molecule is CC(C(=O)Nc1sc(-c2ccccc2)cc1C(N)=O)n1cccn1. The van der Waals surface area contributed by atoms with Crippen LogP contribution in [0.3, 0.4) is 0 Å². The quantitative estimate of drug-likeness (QED) is 0.748. The predicted octanol–water partition coefficient (Wildman–Crippen LogP) is 2.91. The van der Waals surface area contributed by atoms with Gasteiger partial charge in [0.2, 0.25) is 5.91 Å². The minimum Gasteiger partial charge on any atom is -0.366 e. The van der Waals surface area contributed by atoms with Crippen LogP contribution in [-0.4, -0.2) is 21.6 Å². The minimum absolute atomic E-state index is 0.261. The molecule has 1 unspecified atom stereocenters. The van der Waals surface area contributed by atoms with Crippen molar-refractivity contribution in [3.63, 3.8) is 0 Å². The van der Waals surface area contributed by atoms with Crippen LogP contribution in [0.1, 0.15) is 23.3 Å². The van der Waals surface area contributed by atoms with E-state index < -0.39 is 11.9 Å². The third-order valence-electron chi connectivity index (χ3n) is 3.59. The first-order valence-corrected chi connectivity index (χ1v) is 8.17. The zero-order chi connectivity index (χ0) is 17.1. The number of nitrogens with one attached hydrogen (secondary N) is 1. The highest BCUT2D eigenvalue weighted by Gasteiger charge is 2.20. The Bertz CT molecular complexity index is 856. The van der Waals surface area contributed by atoms with Crippen molar-refractivity contribution in [1.82, 2.24) is 9.78 Å². The van der Waals surface area contributed by atoms with Crippen LogP contribution in [-0.2, 0) is 4.79 Å². The molecule has 0 aliphatic heterocycles. The Hall–Kier alpha value is -2.93. The molecule has 1 aromatic carbocycles. The largest absolute Gasteiger partial charge is 0.366 e. The lowest BCUT2D eigenvalue weighted by Gasteiger charge is -2.12. The molecular formula is C17H16N4O2S. The van der Waals surface area contributed by atoms with E-state index in [1.807, 2.05) is 30.3 Å². The van der Waals surface area contributed by atoms with Gasteiger partial charge in [0.15, 0.2) is 0 Å². The highest BCUT2D eigenvalue weighted by molar-refractivity contribution is 7.20. The average molecular weight is 340 g/mol. The van der Waals surface area contributed by atoms with Gasteiger partial charge in [-0.15, -0.1) is 11.3 Å². The monoisotopic (exact) mass is 340 g/mol. The number of aromatic nitrogens is 2. The van der Waals surface area contributed by atoms with E-state index >= 15 is 0 Å². The summed E-state index contributed by atoms with van der Waals surface area (Å²) < 4.78 is 1.55. The molecule has 0 spiro atoms. The van der Waals surface area contributed by atoms with Crippen LogP contribution < -0.4 is 11.1 Å². The Morgan fingerprint density at radius 1 is 1.25 bits per heavy atom. The Morgan fingerprint density at radius 2 is 2.00 bits per heavy atom. The van der Waals surface area contributed by atoms with E-state index in [-0.39, 0.29) is 5.91 Å². The van der Waals surface area contributed by atoms with Crippen LogP contribution >= 0.6 is 11.3 Å². The number of benzene rings is 1. The van der Waals surface area contributed by atoms with Gasteiger partial charge in [0.05, 0.1) is 5.56 Å². The van der Waals surface area contributed by atoms with Gasteiger partial charge in [-0.25, -0.2) is 0 Å². The molecule has 2 heterocycles. The molecule has 0 bridgehead atoms. The molecule has 2 amide bonds. The zero-order valence-electron chi connectivity index (χ0n) is 13.0. The van der Waals surface area contributed by atoms with Crippen LogP contribution in [0.4, 0.5) is 5.00 Å². The Kier molecular flexibility index (Phi) is 4.43. The summed E-state index contributed by atoms with van der Waals surface area (Å²) in [4.78, 5) is 25.0. The number of anilines is 1. The maximum atomic E-state index is 12.4. The third-order valence-corrected chi connectivity index (χ3v) is 4.69. The lowest BCUT2D eigenvalue weighted by Crippen LogP contribution is -2.24. The summed E-state index contributed by atoms with van der Waals surface area (Å²) in [5.41, 5.74) is 6.72. The molecule has 122 valence electrons. The number of carbonyl (C=O) groups excluding carboxylic acids is 2. The normalized spacial score (nSPS) is 11.9. The number of hydrogen-bond acceptors (Lipinski definition) is 4. The molecule has 0 aliphatic rings. The van der Waals surface area contributed by atoms with Crippen LogP contribution in [0.5, 0.6) is 0 Å². The van der Waals surface area contributed by atoms with E-state index in [4.69, 9.17) is 5.73 Å². The summed E-state index contributed by atoms with van der Waals surface area (Å²) in [6.45, 7) is 1.73. The molecule has 1 atom stereocenters. The summed E-state index contributed by atoms with van der Waals surface area (Å²) in [5.74, 6) is -0.835. The molecule has 24 heavy (non-hydrogen) atoms.